The molecule has 0 spiro atoms. The van der Waals surface area contributed by atoms with Gasteiger partial charge in [0, 0.05) is 29.9 Å². The highest BCUT2D eigenvalue weighted by Crippen LogP contribution is 2.48. The first-order chi connectivity index (χ1) is 15.9. The lowest BCUT2D eigenvalue weighted by Gasteiger charge is -2.40. The van der Waals surface area contributed by atoms with E-state index in [0.29, 0.717) is 5.65 Å². The third-order valence-corrected chi connectivity index (χ3v) is 6.40. The largest absolute Gasteiger partial charge is 0.410 e. The summed E-state index contributed by atoms with van der Waals surface area (Å²) < 4.78 is 43.8. The van der Waals surface area contributed by atoms with E-state index in [2.05, 4.69) is 15.2 Å². The highest BCUT2D eigenvalue weighted by Gasteiger charge is 2.52. The van der Waals surface area contributed by atoms with Gasteiger partial charge in [-0.1, -0.05) is 30.3 Å². The van der Waals surface area contributed by atoms with Crippen LogP contribution in [0.1, 0.15) is 35.8 Å². The minimum atomic E-state index is -4.44. The summed E-state index contributed by atoms with van der Waals surface area (Å²) in [5.41, 5.74) is 2.29. The first-order valence-corrected chi connectivity index (χ1v) is 10.8. The summed E-state index contributed by atoms with van der Waals surface area (Å²) in [7, 11) is 0. The molecule has 1 fully saturated rings. The molecule has 2 aliphatic rings. The number of amides is 1. The summed E-state index contributed by atoms with van der Waals surface area (Å²) in [5, 5.41) is 8.42. The summed E-state index contributed by atoms with van der Waals surface area (Å²) in [6.45, 7) is 0. The van der Waals surface area contributed by atoms with Gasteiger partial charge in [0.05, 0.1) is 11.9 Å². The molecular formula is C23H19F3N6O. The molecule has 4 heterocycles. The number of carbonyl (C=O) groups is 1. The van der Waals surface area contributed by atoms with E-state index in [9.17, 15) is 18.0 Å². The molecule has 2 atom stereocenters. The molecule has 33 heavy (non-hydrogen) atoms. The Labute approximate surface area is 186 Å². The summed E-state index contributed by atoms with van der Waals surface area (Å²) in [5.74, 6) is -0.255. The molecule has 6 rings (SSSR count). The third kappa shape index (κ3) is 3.28. The van der Waals surface area contributed by atoms with Crippen molar-refractivity contribution in [2.75, 3.05) is 4.90 Å². The molecule has 0 unspecified atom stereocenters. The lowest BCUT2D eigenvalue weighted by Crippen LogP contribution is -2.50. The van der Waals surface area contributed by atoms with E-state index in [1.165, 1.54) is 17.2 Å². The molecule has 4 aromatic rings. The maximum absolute atomic E-state index is 13.8. The zero-order valence-corrected chi connectivity index (χ0v) is 17.4. The van der Waals surface area contributed by atoms with Crippen molar-refractivity contribution in [2.45, 2.75) is 37.5 Å². The van der Waals surface area contributed by atoms with Crippen LogP contribution in [0, 0.1) is 5.92 Å². The Bertz CT molecular complexity index is 1340. The second kappa shape index (κ2) is 7.16. The minimum absolute atomic E-state index is 0.0393. The van der Waals surface area contributed by atoms with Gasteiger partial charge in [-0.05, 0) is 31.2 Å². The predicted molar refractivity (Wildman–Crippen MR) is 114 cm³/mol. The number of hydrogen-bond donors (Lipinski definition) is 0. The van der Waals surface area contributed by atoms with E-state index in [-0.39, 0.29) is 23.9 Å². The number of rotatable bonds is 3. The predicted octanol–water partition coefficient (Wildman–Crippen LogP) is 4.53. The van der Waals surface area contributed by atoms with Crippen molar-refractivity contribution in [3.05, 3.63) is 66.6 Å². The van der Waals surface area contributed by atoms with Gasteiger partial charge in [-0.2, -0.15) is 23.4 Å². The van der Waals surface area contributed by atoms with Crippen molar-refractivity contribution in [3.63, 3.8) is 0 Å². The minimum Gasteiger partial charge on any atom is -0.288 e. The Balaban J connectivity index is 1.44. The van der Waals surface area contributed by atoms with E-state index in [4.69, 9.17) is 0 Å². The smallest absolute Gasteiger partial charge is 0.288 e. The number of halogens is 3. The van der Waals surface area contributed by atoms with Crippen molar-refractivity contribution in [3.8, 4) is 11.3 Å². The number of carbonyl (C=O) groups excluding carboxylic acids is 1. The van der Waals surface area contributed by atoms with E-state index in [1.54, 1.807) is 22.8 Å². The fourth-order valence-corrected chi connectivity index (χ4v) is 4.70. The van der Waals surface area contributed by atoms with Gasteiger partial charge in [0.25, 0.3) is 5.91 Å². The van der Waals surface area contributed by atoms with Crippen molar-refractivity contribution >= 4 is 17.4 Å². The molecule has 1 aliphatic heterocycles. The highest BCUT2D eigenvalue weighted by molar-refractivity contribution is 6.05. The maximum Gasteiger partial charge on any atom is 0.410 e. The standard InChI is InChI=1S/C23H19F3N6O/c24-23(25,26)19-13-18(15-6-7-15)30(21-9-11-28-32(19)21)22(33)16-12-20-27-10-8-17(31(20)29-16)14-4-2-1-3-5-14/h1-5,8-12,15,18-19H,6-7,13H2/t18-,19-/m1/s1. The molecule has 0 bridgehead atoms. The van der Waals surface area contributed by atoms with E-state index in [1.807, 2.05) is 30.3 Å². The fraction of sp³-hybridized carbons (Fsp3) is 0.304. The number of aromatic nitrogens is 5. The zero-order valence-electron chi connectivity index (χ0n) is 17.4. The van der Waals surface area contributed by atoms with Gasteiger partial charge in [0.15, 0.2) is 17.4 Å². The van der Waals surface area contributed by atoms with E-state index >= 15 is 0 Å². The van der Waals surface area contributed by atoms with Crippen molar-refractivity contribution in [1.82, 2.24) is 24.4 Å². The monoisotopic (exact) mass is 452 g/mol. The Kier molecular flexibility index (Phi) is 4.33. The summed E-state index contributed by atoms with van der Waals surface area (Å²) in [4.78, 5) is 19.5. The van der Waals surface area contributed by atoms with Crippen molar-refractivity contribution < 1.29 is 18.0 Å². The van der Waals surface area contributed by atoms with Crippen LogP contribution in [0.2, 0.25) is 0 Å². The number of benzene rings is 1. The van der Waals surface area contributed by atoms with Gasteiger partial charge >= 0.3 is 6.18 Å². The van der Waals surface area contributed by atoms with Crippen LogP contribution in [0.4, 0.5) is 19.0 Å². The molecule has 1 amide bonds. The van der Waals surface area contributed by atoms with Crippen LogP contribution in [0.15, 0.2) is 60.9 Å². The lowest BCUT2D eigenvalue weighted by molar-refractivity contribution is -0.174. The average Bonchev–Trinajstić information content (AvgIpc) is 3.37. The van der Waals surface area contributed by atoms with Crippen LogP contribution in [-0.2, 0) is 0 Å². The third-order valence-electron chi connectivity index (χ3n) is 6.40. The molecule has 7 nitrogen and oxygen atoms in total. The molecule has 1 aliphatic carbocycles. The topological polar surface area (TPSA) is 68.3 Å². The number of anilines is 1. The number of nitrogens with zero attached hydrogens (tertiary/aromatic N) is 6. The number of fused-ring (bicyclic) bond motifs is 2. The molecule has 0 saturated heterocycles. The van der Waals surface area contributed by atoms with Crippen LogP contribution in [0.5, 0.6) is 0 Å². The second-order valence-corrected chi connectivity index (χ2v) is 8.50. The quantitative estimate of drug-likeness (QED) is 0.458. The molecule has 3 aromatic heterocycles. The zero-order chi connectivity index (χ0) is 22.7. The van der Waals surface area contributed by atoms with Gasteiger partial charge in [0.2, 0.25) is 0 Å². The molecule has 1 saturated carbocycles. The van der Waals surface area contributed by atoms with Crippen LogP contribution >= 0.6 is 0 Å². The number of hydrogen-bond acceptors (Lipinski definition) is 4. The van der Waals surface area contributed by atoms with Gasteiger partial charge in [-0.15, -0.1) is 0 Å². The Morgan fingerprint density at radius 2 is 1.82 bits per heavy atom. The summed E-state index contributed by atoms with van der Waals surface area (Å²) in [6.07, 6.45) is -0.0982. The van der Waals surface area contributed by atoms with Gasteiger partial charge in [0.1, 0.15) is 5.82 Å². The van der Waals surface area contributed by atoms with Crippen LogP contribution in [-0.4, -0.2) is 42.5 Å². The van der Waals surface area contributed by atoms with E-state index < -0.39 is 24.2 Å². The summed E-state index contributed by atoms with van der Waals surface area (Å²) >= 11 is 0. The van der Waals surface area contributed by atoms with Gasteiger partial charge in [-0.25, -0.2) is 14.2 Å². The van der Waals surface area contributed by atoms with Gasteiger partial charge < -0.3 is 0 Å². The molecule has 1 aromatic carbocycles. The Morgan fingerprint density at radius 3 is 2.55 bits per heavy atom. The van der Waals surface area contributed by atoms with Gasteiger partial charge in [-0.3, -0.25) is 9.69 Å². The lowest BCUT2D eigenvalue weighted by atomic mass is 9.97. The van der Waals surface area contributed by atoms with Crippen LogP contribution in [0.25, 0.3) is 16.9 Å². The normalized spacial score (nSPS) is 20.8. The Morgan fingerprint density at radius 1 is 1.03 bits per heavy atom. The fourth-order valence-electron chi connectivity index (χ4n) is 4.70. The van der Waals surface area contributed by atoms with Crippen LogP contribution in [0.3, 0.4) is 0 Å². The SMILES string of the molecule is O=C(c1cc2nccc(-c3ccccc3)n2n1)N1c2ccnn2[C@@H](C(F)(F)F)C[C@@H]1C1CC1. The molecule has 0 radical (unpaired) electrons. The molecule has 10 heteroatoms. The first-order valence-electron chi connectivity index (χ1n) is 10.8. The number of alkyl halides is 3. The molecule has 0 N–H and O–H groups in total. The first kappa shape index (κ1) is 20.0. The van der Waals surface area contributed by atoms with E-state index in [0.717, 1.165) is 28.8 Å². The summed E-state index contributed by atoms with van der Waals surface area (Å²) in [6, 6.07) is 12.1. The van der Waals surface area contributed by atoms with Crippen molar-refractivity contribution in [2.24, 2.45) is 5.92 Å². The molecule has 168 valence electrons. The van der Waals surface area contributed by atoms with Crippen molar-refractivity contribution in [1.29, 1.82) is 0 Å². The molecular weight excluding hydrogens is 433 g/mol. The second-order valence-electron chi connectivity index (χ2n) is 8.50. The highest BCUT2D eigenvalue weighted by atomic mass is 19.4. The Hall–Kier alpha value is -3.69. The average molecular weight is 452 g/mol. The maximum atomic E-state index is 13.8. The van der Waals surface area contributed by atoms with Crippen LogP contribution < -0.4 is 4.90 Å².